The predicted octanol–water partition coefficient (Wildman–Crippen LogP) is 2.44. The highest BCUT2D eigenvalue weighted by molar-refractivity contribution is 6.01. The zero-order valence-corrected chi connectivity index (χ0v) is 12.1. The molecular weight excluding hydrogens is 283 g/mol. The first-order valence-corrected chi connectivity index (χ1v) is 6.95. The van der Waals surface area contributed by atoms with Gasteiger partial charge in [0.25, 0.3) is 5.91 Å². The minimum atomic E-state index is -0.395. The Hall–Kier alpha value is -2.69. The topological polar surface area (TPSA) is 40.6 Å². The number of hydrogen-bond acceptors (Lipinski definition) is 2. The van der Waals surface area contributed by atoms with Gasteiger partial charge in [-0.1, -0.05) is 18.2 Å². The lowest BCUT2D eigenvalue weighted by molar-refractivity contribution is -0.118. The standard InChI is InChI=1S/C17H15FN2O2/c1-19-15-5-3-2-4-13(15)10-20(11-16(19)21)17(22)12-6-8-14(18)9-7-12/h2-9H,10-11H2,1H3. The molecule has 5 heteroatoms. The number of carbonyl (C=O) groups is 2. The summed E-state index contributed by atoms with van der Waals surface area (Å²) in [7, 11) is 1.70. The molecule has 0 radical (unpaired) electrons. The Balaban J connectivity index is 1.94. The number of fused-ring (bicyclic) bond motifs is 1. The molecule has 1 aliphatic rings. The van der Waals surface area contributed by atoms with Gasteiger partial charge in [-0.2, -0.15) is 0 Å². The molecule has 1 heterocycles. The van der Waals surface area contributed by atoms with E-state index in [1.165, 1.54) is 29.2 Å². The summed E-state index contributed by atoms with van der Waals surface area (Å²) in [6.07, 6.45) is 0. The van der Waals surface area contributed by atoms with E-state index in [4.69, 9.17) is 0 Å². The molecule has 0 N–H and O–H groups in total. The van der Waals surface area contributed by atoms with Crippen molar-refractivity contribution in [2.45, 2.75) is 6.54 Å². The van der Waals surface area contributed by atoms with Crippen molar-refractivity contribution in [1.29, 1.82) is 0 Å². The summed E-state index contributed by atoms with van der Waals surface area (Å²) in [4.78, 5) is 27.9. The maximum atomic E-state index is 13.0. The molecule has 0 bridgehead atoms. The number of halogens is 1. The van der Waals surface area contributed by atoms with Crippen molar-refractivity contribution in [3.63, 3.8) is 0 Å². The zero-order chi connectivity index (χ0) is 15.7. The Labute approximate surface area is 127 Å². The maximum absolute atomic E-state index is 13.0. The molecule has 0 atom stereocenters. The third kappa shape index (κ3) is 2.57. The summed E-state index contributed by atoms with van der Waals surface area (Å²) < 4.78 is 13.0. The van der Waals surface area contributed by atoms with Crippen LogP contribution in [0.15, 0.2) is 48.5 Å². The lowest BCUT2D eigenvalue weighted by Crippen LogP contribution is -2.38. The highest BCUT2D eigenvalue weighted by atomic mass is 19.1. The number of anilines is 1. The number of likely N-dealkylation sites (N-methyl/N-ethyl adjacent to an activating group) is 1. The fraction of sp³-hybridized carbons (Fsp3) is 0.176. The molecule has 0 aliphatic carbocycles. The number of benzene rings is 2. The van der Waals surface area contributed by atoms with Gasteiger partial charge >= 0.3 is 0 Å². The van der Waals surface area contributed by atoms with Gasteiger partial charge in [-0.05, 0) is 35.9 Å². The van der Waals surface area contributed by atoms with Crippen molar-refractivity contribution in [3.05, 3.63) is 65.5 Å². The molecule has 2 aromatic rings. The van der Waals surface area contributed by atoms with Crippen molar-refractivity contribution in [2.75, 3.05) is 18.5 Å². The van der Waals surface area contributed by atoms with E-state index in [2.05, 4.69) is 0 Å². The molecule has 0 spiro atoms. The van der Waals surface area contributed by atoms with Crippen molar-refractivity contribution < 1.29 is 14.0 Å². The third-order valence-corrected chi connectivity index (χ3v) is 3.79. The molecule has 22 heavy (non-hydrogen) atoms. The number of rotatable bonds is 1. The Bertz CT molecular complexity index is 728. The second kappa shape index (κ2) is 5.60. The molecule has 3 rings (SSSR count). The summed E-state index contributed by atoms with van der Waals surface area (Å²) >= 11 is 0. The largest absolute Gasteiger partial charge is 0.325 e. The van der Waals surface area contributed by atoms with E-state index in [1.807, 2.05) is 24.3 Å². The van der Waals surface area contributed by atoms with E-state index in [0.717, 1.165) is 11.3 Å². The van der Waals surface area contributed by atoms with Gasteiger partial charge < -0.3 is 9.80 Å². The molecule has 0 saturated heterocycles. The highest BCUT2D eigenvalue weighted by Crippen LogP contribution is 2.25. The minimum Gasteiger partial charge on any atom is -0.325 e. The monoisotopic (exact) mass is 298 g/mol. The van der Waals surface area contributed by atoms with E-state index in [-0.39, 0.29) is 18.4 Å². The summed E-state index contributed by atoms with van der Waals surface area (Å²) in [5.74, 6) is -0.826. The van der Waals surface area contributed by atoms with Gasteiger partial charge in [0.15, 0.2) is 0 Å². The number of amides is 2. The molecule has 2 amide bonds. The lowest BCUT2D eigenvalue weighted by atomic mass is 10.1. The lowest BCUT2D eigenvalue weighted by Gasteiger charge is -2.20. The molecule has 0 unspecified atom stereocenters. The van der Waals surface area contributed by atoms with Crippen molar-refractivity contribution >= 4 is 17.5 Å². The molecular formula is C17H15FN2O2. The fourth-order valence-electron chi connectivity index (χ4n) is 2.56. The summed E-state index contributed by atoms with van der Waals surface area (Å²) in [5, 5.41) is 0. The van der Waals surface area contributed by atoms with Crippen LogP contribution in [0, 0.1) is 5.82 Å². The predicted molar refractivity (Wildman–Crippen MR) is 81.0 cm³/mol. The summed E-state index contributed by atoms with van der Waals surface area (Å²) in [6, 6.07) is 12.8. The van der Waals surface area contributed by atoms with Crippen LogP contribution in [0.25, 0.3) is 0 Å². The second-order valence-electron chi connectivity index (χ2n) is 5.25. The van der Waals surface area contributed by atoms with E-state index in [1.54, 1.807) is 11.9 Å². The van der Waals surface area contributed by atoms with Crippen LogP contribution < -0.4 is 4.90 Å². The Morgan fingerprint density at radius 1 is 1.05 bits per heavy atom. The molecule has 0 aromatic heterocycles. The van der Waals surface area contributed by atoms with Crippen molar-refractivity contribution in [1.82, 2.24) is 4.90 Å². The molecule has 1 aliphatic heterocycles. The van der Waals surface area contributed by atoms with Gasteiger partial charge in [-0.15, -0.1) is 0 Å². The summed E-state index contributed by atoms with van der Waals surface area (Å²) in [6.45, 7) is 0.351. The first-order valence-electron chi connectivity index (χ1n) is 6.95. The Kier molecular flexibility index (Phi) is 3.63. The van der Waals surface area contributed by atoms with Crippen LogP contribution in [-0.4, -0.2) is 30.3 Å². The number of carbonyl (C=O) groups excluding carboxylic acids is 2. The third-order valence-electron chi connectivity index (χ3n) is 3.79. The van der Waals surface area contributed by atoms with Gasteiger partial charge in [-0.3, -0.25) is 9.59 Å². The minimum absolute atomic E-state index is 0.00138. The maximum Gasteiger partial charge on any atom is 0.254 e. The van der Waals surface area contributed by atoms with Crippen LogP contribution in [0.2, 0.25) is 0 Å². The van der Waals surface area contributed by atoms with Crippen molar-refractivity contribution in [2.24, 2.45) is 0 Å². The van der Waals surface area contributed by atoms with Gasteiger partial charge in [0, 0.05) is 24.8 Å². The van der Waals surface area contributed by atoms with Crippen LogP contribution in [0.5, 0.6) is 0 Å². The van der Waals surface area contributed by atoms with Crippen LogP contribution in [0.1, 0.15) is 15.9 Å². The SMILES string of the molecule is CN1C(=O)CN(C(=O)c2ccc(F)cc2)Cc2ccccc21. The molecule has 0 saturated carbocycles. The van der Waals surface area contributed by atoms with E-state index < -0.39 is 5.82 Å². The molecule has 4 nitrogen and oxygen atoms in total. The van der Waals surface area contributed by atoms with E-state index >= 15 is 0 Å². The fourth-order valence-corrected chi connectivity index (χ4v) is 2.56. The van der Waals surface area contributed by atoms with Crippen LogP contribution in [-0.2, 0) is 11.3 Å². The number of para-hydroxylation sites is 1. The highest BCUT2D eigenvalue weighted by Gasteiger charge is 2.27. The zero-order valence-electron chi connectivity index (χ0n) is 12.1. The van der Waals surface area contributed by atoms with Gasteiger partial charge in [0.1, 0.15) is 12.4 Å². The normalized spacial score (nSPS) is 14.5. The van der Waals surface area contributed by atoms with Gasteiger partial charge in [-0.25, -0.2) is 4.39 Å². The Morgan fingerprint density at radius 2 is 1.73 bits per heavy atom. The van der Waals surface area contributed by atoms with Crippen LogP contribution in [0.3, 0.4) is 0 Å². The van der Waals surface area contributed by atoms with Gasteiger partial charge in [0.05, 0.1) is 0 Å². The first-order chi connectivity index (χ1) is 10.6. The average Bonchev–Trinajstić information content (AvgIpc) is 2.65. The smallest absolute Gasteiger partial charge is 0.254 e. The molecule has 0 fully saturated rings. The van der Waals surface area contributed by atoms with E-state index in [9.17, 15) is 14.0 Å². The first kappa shape index (κ1) is 14.3. The van der Waals surface area contributed by atoms with Crippen LogP contribution >= 0.6 is 0 Å². The van der Waals surface area contributed by atoms with Crippen LogP contribution in [0.4, 0.5) is 10.1 Å². The Morgan fingerprint density at radius 3 is 2.45 bits per heavy atom. The number of hydrogen-bond donors (Lipinski definition) is 0. The van der Waals surface area contributed by atoms with Crippen molar-refractivity contribution in [3.8, 4) is 0 Å². The van der Waals surface area contributed by atoms with Gasteiger partial charge in [0.2, 0.25) is 5.91 Å². The summed E-state index contributed by atoms with van der Waals surface area (Å²) in [5.41, 5.74) is 2.09. The molecule has 2 aromatic carbocycles. The second-order valence-corrected chi connectivity index (χ2v) is 5.25. The van der Waals surface area contributed by atoms with E-state index in [0.29, 0.717) is 12.1 Å². The number of nitrogens with zero attached hydrogens (tertiary/aromatic N) is 2. The molecule has 112 valence electrons. The average molecular weight is 298 g/mol. The quantitative estimate of drug-likeness (QED) is 0.811.